The molecule has 0 aliphatic carbocycles. The predicted molar refractivity (Wildman–Crippen MR) is 107 cm³/mol. The molecule has 0 aromatic heterocycles. The summed E-state index contributed by atoms with van der Waals surface area (Å²) >= 11 is 0. The van der Waals surface area contributed by atoms with Crippen molar-refractivity contribution < 1.29 is 4.74 Å². The SMILES string of the molecule is CCCCc1cc(OC)c(-c2ccccc2)c(-c2ccccc2)c1C. The number of unbranched alkanes of at least 4 members (excludes halogenated alkanes) is 1. The average molecular weight is 330 g/mol. The van der Waals surface area contributed by atoms with Gasteiger partial charge in [-0.15, -0.1) is 0 Å². The van der Waals surface area contributed by atoms with E-state index in [0.717, 1.165) is 12.2 Å². The first kappa shape index (κ1) is 17.3. The van der Waals surface area contributed by atoms with E-state index in [4.69, 9.17) is 4.74 Å². The summed E-state index contributed by atoms with van der Waals surface area (Å²) in [6.07, 6.45) is 3.49. The summed E-state index contributed by atoms with van der Waals surface area (Å²) in [6, 6.07) is 23.5. The summed E-state index contributed by atoms with van der Waals surface area (Å²) in [6.45, 7) is 4.49. The smallest absolute Gasteiger partial charge is 0.127 e. The van der Waals surface area contributed by atoms with E-state index in [2.05, 4.69) is 80.6 Å². The zero-order valence-corrected chi connectivity index (χ0v) is 15.4. The number of aryl methyl sites for hydroxylation is 1. The van der Waals surface area contributed by atoms with Crippen molar-refractivity contribution in [1.29, 1.82) is 0 Å². The molecular weight excluding hydrogens is 304 g/mol. The largest absolute Gasteiger partial charge is 0.496 e. The molecule has 0 amide bonds. The van der Waals surface area contributed by atoms with Crippen LogP contribution in [0, 0.1) is 6.92 Å². The molecule has 0 unspecified atom stereocenters. The Hall–Kier alpha value is -2.54. The normalized spacial score (nSPS) is 10.7. The summed E-state index contributed by atoms with van der Waals surface area (Å²) in [5.74, 6) is 0.960. The van der Waals surface area contributed by atoms with Crippen molar-refractivity contribution in [3.8, 4) is 28.0 Å². The van der Waals surface area contributed by atoms with Gasteiger partial charge in [-0.05, 0) is 53.6 Å². The Kier molecular flexibility index (Phi) is 5.55. The molecule has 0 bridgehead atoms. The van der Waals surface area contributed by atoms with Gasteiger partial charge in [0.25, 0.3) is 0 Å². The van der Waals surface area contributed by atoms with Crippen LogP contribution in [0.15, 0.2) is 66.7 Å². The molecule has 1 heteroatoms. The molecule has 0 atom stereocenters. The molecule has 0 N–H and O–H groups in total. The molecule has 0 spiro atoms. The van der Waals surface area contributed by atoms with E-state index in [9.17, 15) is 0 Å². The monoisotopic (exact) mass is 330 g/mol. The van der Waals surface area contributed by atoms with E-state index in [0.29, 0.717) is 0 Å². The van der Waals surface area contributed by atoms with Crippen molar-refractivity contribution in [2.24, 2.45) is 0 Å². The van der Waals surface area contributed by atoms with Gasteiger partial charge in [-0.2, -0.15) is 0 Å². The fourth-order valence-corrected chi connectivity index (χ4v) is 3.45. The summed E-state index contributed by atoms with van der Waals surface area (Å²) in [4.78, 5) is 0. The molecule has 0 fully saturated rings. The van der Waals surface area contributed by atoms with Gasteiger partial charge in [0, 0.05) is 5.56 Å². The number of methoxy groups -OCH3 is 1. The number of rotatable bonds is 6. The van der Waals surface area contributed by atoms with Crippen molar-refractivity contribution in [2.45, 2.75) is 33.1 Å². The summed E-state index contributed by atoms with van der Waals surface area (Å²) in [7, 11) is 1.77. The topological polar surface area (TPSA) is 9.23 Å². The standard InChI is InChI=1S/C24H26O/c1-4-5-12-21-17-22(25-3)24(20-15-10-7-11-16-20)23(18(21)2)19-13-8-6-9-14-19/h6-11,13-17H,4-5,12H2,1-3H3. The third-order valence-corrected chi connectivity index (χ3v) is 4.80. The van der Waals surface area contributed by atoms with Gasteiger partial charge in [0.15, 0.2) is 0 Å². The zero-order valence-electron chi connectivity index (χ0n) is 15.4. The Morgan fingerprint density at radius 2 is 1.36 bits per heavy atom. The Balaban J connectivity index is 2.30. The Morgan fingerprint density at radius 3 is 1.88 bits per heavy atom. The van der Waals surface area contributed by atoms with E-state index in [1.54, 1.807) is 7.11 Å². The molecule has 0 aliphatic heterocycles. The first-order chi connectivity index (χ1) is 12.3. The fraction of sp³-hybridized carbons (Fsp3) is 0.250. The first-order valence-electron chi connectivity index (χ1n) is 9.07. The third-order valence-electron chi connectivity index (χ3n) is 4.80. The maximum atomic E-state index is 5.84. The van der Waals surface area contributed by atoms with Crippen LogP contribution in [0.1, 0.15) is 30.9 Å². The first-order valence-corrected chi connectivity index (χ1v) is 9.07. The number of hydrogen-bond donors (Lipinski definition) is 0. The molecular formula is C24H26O. The van der Waals surface area contributed by atoms with Crippen molar-refractivity contribution in [3.05, 3.63) is 77.9 Å². The van der Waals surface area contributed by atoms with Crippen LogP contribution in [0.2, 0.25) is 0 Å². The Labute approximate surface area is 151 Å². The van der Waals surface area contributed by atoms with Gasteiger partial charge in [0.05, 0.1) is 7.11 Å². The molecule has 0 saturated carbocycles. The van der Waals surface area contributed by atoms with Crippen LogP contribution >= 0.6 is 0 Å². The molecule has 3 rings (SSSR count). The molecule has 0 heterocycles. The molecule has 0 radical (unpaired) electrons. The highest BCUT2D eigenvalue weighted by Crippen LogP contribution is 2.43. The van der Waals surface area contributed by atoms with Crippen LogP contribution in [-0.4, -0.2) is 7.11 Å². The quantitative estimate of drug-likeness (QED) is 0.490. The van der Waals surface area contributed by atoms with E-state index >= 15 is 0 Å². The molecule has 25 heavy (non-hydrogen) atoms. The van der Waals surface area contributed by atoms with Crippen molar-refractivity contribution >= 4 is 0 Å². The summed E-state index contributed by atoms with van der Waals surface area (Å²) < 4.78 is 5.84. The predicted octanol–water partition coefficient (Wildman–Crippen LogP) is 6.68. The minimum Gasteiger partial charge on any atom is -0.496 e. The van der Waals surface area contributed by atoms with Crippen molar-refractivity contribution in [1.82, 2.24) is 0 Å². The van der Waals surface area contributed by atoms with E-state index in [1.807, 2.05) is 0 Å². The highest BCUT2D eigenvalue weighted by atomic mass is 16.5. The van der Waals surface area contributed by atoms with Crippen LogP contribution in [0.5, 0.6) is 5.75 Å². The second-order valence-electron chi connectivity index (χ2n) is 6.45. The maximum Gasteiger partial charge on any atom is 0.127 e. The fourth-order valence-electron chi connectivity index (χ4n) is 3.45. The molecule has 0 saturated heterocycles. The number of ether oxygens (including phenoxy) is 1. The maximum absolute atomic E-state index is 5.84. The van der Waals surface area contributed by atoms with Gasteiger partial charge in [-0.3, -0.25) is 0 Å². The van der Waals surface area contributed by atoms with E-state index in [-0.39, 0.29) is 0 Å². The molecule has 3 aromatic rings. The van der Waals surface area contributed by atoms with Crippen LogP contribution in [0.3, 0.4) is 0 Å². The Bertz CT molecular complexity index is 820. The molecule has 1 nitrogen and oxygen atoms in total. The number of hydrogen-bond acceptors (Lipinski definition) is 1. The molecule has 3 aromatic carbocycles. The highest BCUT2D eigenvalue weighted by molar-refractivity contribution is 5.90. The van der Waals surface area contributed by atoms with Crippen LogP contribution in [-0.2, 0) is 6.42 Å². The van der Waals surface area contributed by atoms with Gasteiger partial charge in [-0.25, -0.2) is 0 Å². The Morgan fingerprint density at radius 1 is 0.800 bits per heavy atom. The lowest BCUT2D eigenvalue weighted by atomic mass is 9.86. The van der Waals surface area contributed by atoms with Crippen LogP contribution in [0.25, 0.3) is 22.3 Å². The zero-order chi connectivity index (χ0) is 17.6. The van der Waals surface area contributed by atoms with Gasteiger partial charge < -0.3 is 4.74 Å². The second-order valence-corrected chi connectivity index (χ2v) is 6.45. The lowest BCUT2D eigenvalue weighted by Gasteiger charge is -2.21. The van der Waals surface area contributed by atoms with Crippen molar-refractivity contribution in [3.63, 3.8) is 0 Å². The van der Waals surface area contributed by atoms with Gasteiger partial charge in [0.1, 0.15) is 5.75 Å². The minimum absolute atomic E-state index is 0.960. The average Bonchev–Trinajstić information content (AvgIpc) is 2.68. The summed E-state index contributed by atoms with van der Waals surface area (Å²) in [5.41, 5.74) is 7.67. The summed E-state index contributed by atoms with van der Waals surface area (Å²) in [5, 5.41) is 0. The van der Waals surface area contributed by atoms with Gasteiger partial charge in [0.2, 0.25) is 0 Å². The number of benzene rings is 3. The third kappa shape index (κ3) is 3.61. The van der Waals surface area contributed by atoms with Gasteiger partial charge >= 0.3 is 0 Å². The van der Waals surface area contributed by atoms with E-state index < -0.39 is 0 Å². The highest BCUT2D eigenvalue weighted by Gasteiger charge is 2.18. The minimum atomic E-state index is 0.960. The lowest BCUT2D eigenvalue weighted by Crippen LogP contribution is -2.00. The van der Waals surface area contributed by atoms with Crippen molar-refractivity contribution in [2.75, 3.05) is 7.11 Å². The van der Waals surface area contributed by atoms with Crippen LogP contribution in [0.4, 0.5) is 0 Å². The lowest BCUT2D eigenvalue weighted by molar-refractivity contribution is 0.416. The molecule has 128 valence electrons. The van der Waals surface area contributed by atoms with E-state index in [1.165, 1.54) is 46.2 Å². The van der Waals surface area contributed by atoms with Crippen LogP contribution < -0.4 is 4.74 Å². The van der Waals surface area contributed by atoms with Gasteiger partial charge in [-0.1, -0.05) is 74.0 Å². The second kappa shape index (κ2) is 8.02. The molecule has 0 aliphatic rings.